The highest BCUT2D eigenvalue weighted by Gasteiger charge is 2.28. The summed E-state index contributed by atoms with van der Waals surface area (Å²) in [5.41, 5.74) is 2.98. The first-order chi connectivity index (χ1) is 14.1. The highest BCUT2D eigenvalue weighted by molar-refractivity contribution is 6.02. The normalized spacial score (nSPS) is 21.8. The third-order valence-electron chi connectivity index (χ3n) is 5.66. The van der Waals surface area contributed by atoms with E-state index in [2.05, 4.69) is 27.3 Å². The molecular formula is C21H28N4O4. The summed E-state index contributed by atoms with van der Waals surface area (Å²) in [6.45, 7) is 5.83. The minimum atomic E-state index is -0.264. The summed E-state index contributed by atoms with van der Waals surface area (Å²) in [6, 6.07) is 3.22. The fraction of sp³-hybridized carbons (Fsp3) is 0.476. The molecule has 2 heterocycles. The number of nitrogens with one attached hydrogen (secondary N) is 1. The summed E-state index contributed by atoms with van der Waals surface area (Å²) in [4.78, 5) is 9.60. The molecule has 0 spiro atoms. The van der Waals surface area contributed by atoms with Gasteiger partial charge < -0.3 is 29.9 Å². The number of aliphatic imine (C=N–C) groups is 1. The lowest BCUT2D eigenvalue weighted by atomic mass is 10.0. The second-order valence-electron chi connectivity index (χ2n) is 7.45. The van der Waals surface area contributed by atoms with Crippen molar-refractivity contribution in [3.8, 4) is 17.2 Å². The summed E-state index contributed by atoms with van der Waals surface area (Å²) in [5, 5.41) is 23.2. The molecule has 0 radical (unpaired) electrons. The zero-order valence-electron chi connectivity index (χ0n) is 16.9. The van der Waals surface area contributed by atoms with Crippen molar-refractivity contribution in [2.24, 2.45) is 4.99 Å². The van der Waals surface area contributed by atoms with Crippen molar-refractivity contribution in [1.29, 1.82) is 0 Å². The molecule has 1 unspecified atom stereocenters. The van der Waals surface area contributed by atoms with Crippen LogP contribution in [0.2, 0.25) is 0 Å². The highest BCUT2D eigenvalue weighted by atomic mass is 16.5. The molecule has 1 atom stereocenters. The van der Waals surface area contributed by atoms with Crippen LogP contribution < -0.4 is 10.1 Å². The van der Waals surface area contributed by atoms with Gasteiger partial charge in [-0.1, -0.05) is 6.08 Å². The molecule has 1 aromatic rings. The van der Waals surface area contributed by atoms with Crippen molar-refractivity contribution in [3.63, 3.8) is 0 Å². The molecule has 0 bridgehead atoms. The van der Waals surface area contributed by atoms with Gasteiger partial charge in [-0.05, 0) is 24.6 Å². The van der Waals surface area contributed by atoms with Crippen molar-refractivity contribution in [2.45, 2.75) is 12.5 Å². The monoisotopic (exact) mass is 400 g/mol. The Balaban J connectivity index is 1.42. The van der Waals surface area contributed by atoms with Crippen LogP contribution in [-0.4, -0.2) is 85.4 Å². The number of ether oxygens (including phenoxy) is 2. The molecule has 1 saturated heterocycles. The molecule has 3 N–H and O–H groups in total. The molecule has 1 fully saturated rings. The number of nitrogens with zero attached hydrogens (tertiary/aromatic N) is 3. The molecule has 0 saturated carbocycles. The van der Waals surface area contributed by atoms with Crippen molar-refractivity contribution in [3.05, 3.63) is 41.2 Å². The summed E-state index contributed by atoms with van der Waals surface area (Å²) in [7, 11) is 3.20. The first kappa shape index (κ1) is 19.6. The van der Waals surface area contributed by atoms with Gasteiger partial charge in [0.1, 0.15) is 5.84 Å². The molecule has 2 aliphatic heterocycles. The number of benzene rings is 1. The average Bonchev–Trinajstić information content (AvgIpc) is 3.18. The minimum Gasteiger partial charge on any atom is -0.504 e. The zero-order chi connectivity index (χ0) is 20.4. The van der Waals surface area contributed by atoms with Gasteiger partial charge in [0, 0.05) is 56.8 Å². The second kappa shape index (κ2) is 8.34. The van der Waals surface area contributed by atoms with Crippen LogP contribution in [0.4, 0.5) is 0 Å². The topological polar surface area (TPSA) is 89.8 Å². The summed E-state index contributed by atoms with van der Waals surface area (Å²) < 4.78 is 10.3. The molecule has 4 rings (SSSR count). The number of allylic oxidation sites excluding steroid dienone is 1. The van der Waals surface area contributed by atoms with Gasteiger partial charge in [-0.2, -0.15) is 0 Å². The van der Waals surface area contributed by atoms with Crippen LogP contribution in [0.1, 0.15) is 12.0 Å². The molecule has 1 aromatic carbocycles. The summed E-state index contributed by atoms with van der Waals surface area (Å²) >= 11 is 0. The van der Waals surface area contributed by atoms with E-state index in [0.717, 1.165) is 51.4 Å². The van der Waals surface area contributed by atoms with E-state index in [9.17, 15) is 10.2 Å². The number of piperazine rings is 1. The number of rotatable bonds is 6. The number of phenols is 2. The molecule has 0 aromatic heterocycles. The van der Waals surface area contributed by atoms with Crippen LogP contribution in [0.3, 0.4) is 0 Å². The predicted molar refractivity (Wildman–Crippen MR) is 110 cm³/mol. The molecule has 8 heteroatoms. The summed E-state index contributed by atoms with van der Waals surface area (Å²) in [5.74, 6) is 0.408. The second-order valence-corrected chi connectivity index (χ2v) is 7.45. The van der Waals surface area contributed by atoms with Crippen LogP contribution in [0.25, 0.3) is 0 Å². The van der Waals surface area contributed by atoms with Crippen LogP contribution >= 0.6 is 0 Å². The number of aromatic hydroxyl groups is 2. The molecule has 0 amide bonds. The average molecular weight is 400 g/mol. The van der Waals surface area contributed by atoms with Gasteiger partial charge in [-0.3, -0.25) is 9.89 Å². The smallest absolute Gasteiger partial charge is 0.200 e. The lowest BCUT2D eigenvalue weighted by Gasteiger charge is -2.37. The molecule has 156 valence electrons. The molecule has 8 nitrogen and oxygen atoms in total. The first-order valence-electron chi connectivity index (χ1n) is 9.92. The number of fused-ring (bicyclic) bond motifs is 1. The Bertz CT molecular complexity index is 856. The van der Waals surface area contributed by atoms with E-state index < -0.39 is 0 Å². The number of amidine groups is 1. The van der Waals surface area contributed by atoms with E-state index in [1.165, 1.54) is 18.9 Å². The van der Waals surface area contributed by atoms with Gasteiger partial charge in [-0.25, -0.2) is 0 Å². The van der Waals surface area contributed by atoms with Gasteiger partial charge in [0.2, 0.25) is 5.75 Å². The van der Waals surface area contributed by atoms with E-state index in [0.29, 0.717) is 11.4 Å². The van der Waals surface area contributed by atoms with Gasteiger partial charge in [0.25, 0.3) is 0 Å². The first-order valence-corrected chi connectivity index (χ1v) is 9.92. The van der Waals surface area contributed by atoms with E-state index in [4.69, 9.17) is 14.5 Å². The van der Waals surface area contributed by atoms with Crippen molar-refractivity contribution in [2.75, 3.05) is 53.6 Å². The Kier molecular flexibility index (Phi) is 5.64. The number of phenolic OH excluding ortho intramolecular Hbond substituents is 2. The van der Waals surface area contributed by atoms with Crippen molar-refractivity contribution < 1.29 is 19.7 Å². The third-order valence-corrected chi connectivity index (χ3v) is 5.66. The fourth-order valence-electron chi connectivity index (χ4n) is 3.94. The minimum absolute atomic E-state index is 0.0543. The lowest BCUT2D eigenvalue weighted by molar-refractivity contribution is 0.111. The maximum atomic E-state index is 9.96. The Morgan fingerprint density at radius 2 is 1.97 bits per heavy atom. The maximum absolute atomic E-state index is 9.96. The van der Waals surface area contributed by atoms with Gasteiger partial charge in [0.05, 0.1) is 19.8 Å². The van der Waals surface area contributed by atoms with Crippen LogP contribution in [-0.2, 0) is 4.74 Å². The maximum Gasteiger partial charge on any atom is 0.200 e. The van der Waals surface area contributed by atoms with Gasteiger partial charge >= 0.3 is 0 Å². The van der Waals surface area contributed by atoms with E-state index in [-0.39, 0.29) is 23.3 Å². The van der Waals surface area contributed by atoms with Gasteiger partial charge in [-0.15, -0.1) is 0 Å². The number of methoxy groups -OCH3 is 2. The number of hydrogen-bond acceptors (Lipinski definition) is 8. The molecule has 1 aliphatic carbocycles. The highest BCUT2D eigenvalue weighted by Crippen LogP contribution is 2.37. The predicted octanol–water partition coefficient (Wildman–Crippen LogP) is 1.26. The Morgan fingerprint density at radius 3 is 2.69 bits per heavy atom. The SMILES string of the molecule is COCCN1CCN(C2=CCC3N=C(c4cc(O)c(O)c(OC)c4)NC3=C2)CC1. The lowest BCUT2D eigenvalue weighted by Crippen LogP contribution is -2.46. The summed E-state index contributed by atoms with van der Waals surface area (Å²) in [6.07, 6.45) is 5.26. The van der Waals surface area contributed by atoms with Crippen molar-refractivity contribution >= 4 is 5.84 Å². The quantitative estimate of drug-likeness (QED) is 0.620. The van der Waals surface area contributed by atoms with Crippen LogP contribution in [0.5, 0.6) is 17.2 Å². The van der Waals surface area contributed by atoms with E-state index in [1.807, 2.05) is 0 Å². The Morgan fingerprint density at radius 1 is 1.17 bits per heavy atom. The van der Waals surface area contributed by atoms with Crippen LogP contribution in [0.15, 0.2) is 40.7 Å². The molecular weight excluding hydrogens is 372 g/mol. The Labute approximate surface area is 170 Å². The van der Waals surface area contributed by atoms with Crippen LogP contribution in [0, 0.1) is 0 Å². The zero-order valence-corrected chi connectivity index (χ0v) is 16.9. The Hall–Kier alpha value is -2.71. The van der Waals surface area contributed by atoms with Crippen molar-refractivity contribution in [1.82, 2.24) is 15.1 Å². The number of hydrogen-bond donors (Lipinski definition) is 3. The fourth-order valence-corrected chi connectivity index (χ4v) is 3.94. The largest absolute Gasteiger partial charge is 0.504 e. The third kappa shape index (κ3) is 4.04. The van der Waals surface area contributed by atoms with E-state index >= 15 is 0 Å². The standard InChI is InChI=1S/C21H28N4O4/c1-28-10-9-24-5-7-25(8-6-24)15-3-4-16-17(13-15)23-21(22-16)14-11-18(26)20(27)19(12-14)29-2/h3,11-13,16,26-27H,4-10H2,1-2H3,(H,22,23). The van der Waals surface area contributed by atoms with Gasteiger partial charge in [0.15, 0.2) is 11.5 Å². The molecule has 3 aliphatic rings. The van der Waals surface area contributed by atoms with E-state index in [1.54, 1.807) is 13.2 Å². The molecule has 29 heavy (non-hydrogen) atoms.